The highest BCUT2D eigenvalue weighted by atomic mass is 32.2. The van der Waals surface area contributed by atoms with Gasteiger partial charge in [0.2, 0.25) is 11.8 Å². The molecule has 0 N–H and O–H groups in total. The molecule has 21 heavy (non-hydrogen) atoms. The van der Waals surface area contributed by atoms with Gasteiger partial charge < -0.3 is 9.80 Å². The van der Waals surface area contributed by atoms with Gasteiger partial charge in [-0.3, -0.25) is 9.59 Å². The van der Waals surface area contributed by atoms with E-state index in [-0.39, 0.29) is 30.4 Å². The van der Waals surface area contributed by atoms with Gasteiger partial charge in [-0.25, -0.2) is 8.42 Å². The second-order valence-corrected chi connectivity index (χ2v) is 8.25. The number of rotatable bonds is 6. The number of nitrogens with zero attached hydrogens (tertiary/aromatic N) is 2. The van der Waals surface area contributed by atoms with Crippen molar-refractivity contribution in [3.05, 3.63) is 0 Å². The van der Waals surface area contributed by atoms with E-state index < -0.39 is 15.6 Å². The van der Waals surface area contributed by atoms with Gasteiger partial charge in [-0.15, -0.1) is 0 Å². The molecule has 1 aliphatic rings. The van der Waals surface area contributed by atoms with Crippen LogP contribution in [0.15, 0.2) is 0 Å². The Bertz CT molecular complexity index is 473. The van der Waals surface area contributed by atoms with E-state index in [0.717, 1.165) is 12.8 Å². The van der Waals surface area contributed by atoms with Crippen molar-refractivity contribution in [1.29, 1.82) is 0 Å². The minimum Gasteiger partial charge on any atom is -0.349 e. The summed E-state index contributed by atoms with van der Waals surface area (Å²) in [4.78, 5) is 26.5. The fraction of sp³-hybridized carbons (Fsp3) is 0.857. The molecule has 1 aliphatic heterocycles. The standard InChI is InChI=1S/C14H26N2O4S/c1-12-6-4-8-16(10-12)14(18)11-21(19,20)9-5-7-13(17)15(2)3/h12H,4-11H2,1-3H3/t12-/m1/s1. The molecule has 1 saturated heterocycles. The van der Waals surface area contributed by atoms with E-state index >= 15 is 0 Å². The molecule has 0 unspecified atom stereocenters. The molecule has 2 amide bonds. The Labute approximate surface area is 127 Å². The monoisotopic (exact) mass is 318 g/mol. The molecular formula is C14H26N2O4S. The van der Waals surface area contributed by atoms with Crippen molar-refractivity contribution >= 4 is 21.7 Å². The molecule has 0 spiro atoms. The van der Waals surface area contributed by atoms with Gasteiger partial charge in [0.15, 0.2) is 9.84 Å². The van der Waals surface area contributed by atoms with Crippen molar-refractivity contribution in [2.45, 2.75) is 32.6 Å². The maximum Gasteiger partial charge on any atom is 0.237 e. The smallest absolute Gasteiger partial charge is 0.237 e. The van der Waals surface area contributed by atoms with Crippen LogP contribution in [0.3, 0.4) is 0 Å². The maximum absolute atomic E-state index is 12.0. The molecule has 1 fully saturated rings. The second-order valence-electron chi connectivity index (χ2n) is 6.07. The van der Waals surface area contributed by atoms with Crippen LogP contribution >= 0.6 is 0 Å². The van der Waals surface area contributed by atoms with E-state index in [1.54, 1.807) is 19.0 Å². The molecular weight excluding hydrogens is 292 g/mol. The third-order valence-corrected chi connectivity index (χ3v) is 5.30. The minimum absolute atomic E-state index is 0.0959. The Morgan fingerprint density at radius 2 is 1.95 bits per heavy atom. The van der Waals surface area contributed by atoms with Crippen molar-refractivity contribution in [2.75, 3.05) is 38.7 Å². The molecule has 122 valence electrons. The van der Waals surface area contributed by atoms with Gasteiger partial charge in [-0.1, -0.05) is 6.92 Å². The summed E-state index contributed by atoms with van der Waals surface area (Å²) < 4.78 is 23.9. The SMILES string of the molecule is C[C@@H]1CCCN(C(=O)CS(=O)(=O)CCCC(=O)N(C)C)C1. The Hall–Kier alpha value is -1.11. The van der Waals surface area contributed by atoms with E-state index in [0.29, 0.717) is 19.0 Å². The topological polar surface area (TPSA) is 74.8 Å². The van der Waals surface area contributed by atoms with Gasteiger partial charge in [0.1, 0.15) is 5.75 Å². The highest BCUT2D eigenvalue weighted by Gasteiger charge is 2.25. The first-order valence-electron chi connectivity index (χ1n) is 7.39. The number of sulfone groups is 1. The average molecular weight is 318 g/mol. The molecule has 1 atom stereocenters. The van der Waals surface area contributed by atoms with Crippen LogP contribution in [0.5, 0.6) is 0 Å². The molecule has 0 aromatic rings. The van der Waals surface area contributed by atoms with Crippen molar-refractivity contribution < 1.29 is 18.0 Å². The number of hydrogen-bond acceptors (Lipinski definition) is 4. The summed E-state index contributed by atoms with van der Waals surface area (Å²) in [7, 11) is -0.157. The van der Waals surface area contributed by atoms with Crippen LogP contribution in [0.2, 0.25) is 0 Å². The normalized spacial score (nSPS) is 19.4. The average Bonchev–Trinajstić information content (AvgIpc) is 2.37. The quantitative estimate of drug-likeness (QED) is 0.716. The van der Waals surface area contributed by atoms with Gasteiger partial charge in [0.05, 0.1) is 5.75 Å². The lowest BCUT2D eigenvalue weighted by Crippen LogP contribution is -2.42. The zero-order valence-corrected chi connectivity index (χ0v) is 14.0. The lowest BCUT2D eigenvalue weighted by Gasteiger charge is -2.30. The van der Waals surface area contributed by atoms with Gasteiger partial charge in [0, 0.05) is 33.6 Å². The van der Waals surface area contributed by atoms with E-state index in [1.165, 1.54) is 4.90 Å². The Morgan fingerprint density at radius 3 is 2.52 bits per heavy atom. The third-order valence-electron chi connectivity index (χ3n) is 3.70. The highest BCUT2D eigenvalue weighted by Crippen LogP contribution is 2.16. The van der Waals surface area contributed by atoms with Crippen LogP contribution in [0.4, 0.5) is 0 Å². The molecule has 1 rings (SSSR count). The minimum atomic E-state index is -3.43. The van der Waals surface area contributed by atoms with Crippen LogP contribution in [0, 0.1) is 5.92 Å². The number of carbonyl (C=O) groups is 2. The predicted molar refractivity (Wildman–Crippen MR) is 81.6 cm³/mol. The summed E-state index contributed by atoms with van der Waals surface area (Å²) in [6, 6.07) is 0. The third kappa shape index (κ3) is 6.46. The maximum atomic E-state index is 12.0. The second kappa shape index (κ2) is 7.77. The van der Waals surface area contributed by atoms with E-state index in [1.807, 2.05) is 0 Å². The van der Waals surface area contributed by atoms with Crippen molar-refractivity contribution in [1.82, 2.24) is 9.80 Å². The van der Waals surface area contributed by atoms with Crippen molar-refractivity contribution in [3.63, 3.8) is 0 Å². The molecule has 0 aliphatic carbocycles. The van der Waals surface area contributed by atoms with Crippen LogP contribution in [-0.2, 0) is 19.4 Å². The molecule has 0 radical (unpaired) electrons. The lowest BCUT2D eigenvalue weighted by atomic mass is 10.0. The van der Waals surface area contributed by atoms with Crippen molar-refractivity contribution in [2.24, 2.45) is 5.92 Å². The largest absolute Gasteiger partial charge is 0.349 e. The molecule has 6 nitrogen and oxygen atoms in total. The molecule has 1 heterocycles. The molecule has 7 heteroatoms. The van der Waals surface area contributed by atoms with Gasteiger partial charge >= 0.3 is 0 Å². The number of hydrogen-bond donors (Lipinski definition) is 0. The predicted octanol–water partition coefficient (Wildman–Crippen LogP) is 0.528. The summed E-state index contributed by atoms with van der Waals surface area (Å²) in [5.41, 5.74) is 0. The van der Waals surface area contributed by atoms with E-state index in [9.17, 15) is 18.0 Å². The Morgan fingerprint density at radius 1 is 1.29 bits per heavy atom. The highest BCUT2D eigenvalue weighted by molar-refractivity contribution is 7.92. The number of carbonyl (C=O) groups excluding carboxylic acids is 2. The molecule has 0 bridgehead atoms. The molecule has 0 saturated carbocycles. The van der Waals surface area contributed by atoms with E-state index in [4.69, 9.17) is 0 Å². The summed E-state index contributed by atoms with van der Waals surface area (Å²) >= 11 is 0. The zero-order chi connectivity index (χ0) is 16.0. The van der Waals surface area contributed by atoms with E-state index in [2.05, 4.69) is 6.92 Å². The Kier molecular flexibility index (Phi) is 6.64. The number of piperidine rings is 1. The Balaban J connectivity index is 2.41. The molecule has 0 aromatic carbocycles. The van der Waals surface area contributed by atoms with Crippen LogP contribution in [0.25, 0.3) is 0 Å². The first-order valence-corrected chi connectivity index (χ1v) is 9.22. The first-order chi connectivity index (χ1) is 9.71. The van der Waals surface area contributed by atoms with Crippen LogP contribution in [0.1, 0.15) is 32.6 Å². The summed E-state index contributed by atoms with van der Waals surface area (Å²) in [5.74, 6) is -0.512. The van der Waals surface area contributed by atoms with Gasteiger partial charge in [-0.05, 0) is 25.2 Å². The molecule has 0 aromatic heterocycles. The first kappa shape index (κ1) is 17.9. The van der Waals surface area contributed by atoms with Crippen LogP contribution in [-0.4, -0.2) is 68.7 Å². The summed E-state index contributed by atoms with van der Waals surface area (Å²) in [6.07, 6.45) is 2.48. The zero-order valence-electron chi connectivity index (χ0n) is 13.2. The number of likely N-dealkylation sites (tertiary alicyclic amines) is 1. The van der Waals surface area contributed by atoms with Gasteiger partial charge in [0.25, 0.3) is 0 Å². The summed E-state index contributed by atoms with van der Waals surface area (Å²) in [5, 5.41) is 0. The van der Waals surface area contributed by atoms with Crippen LogP contribution < -0.4 is 0 Å². The van der Waals surface area contributed by atoms with Gasteiger partial charge in [-0.2, -0.15) is 0 Å². The summed E-state index contributed by atoms with van der Waals surface area (Å²) in [6.45, 7) is 3.37. The number of amides is 2. The lowest BCUT2D eigenvalue weighted by molar-refractivity contribution is -0.130. The fourth-order valence-corrected chi connectivity index (χ4v) is 3.72. The van der Waals surface area contributed by atoms with Crippen molar-refractivity contribution in [3.8, 4) is 0 Å². The fourth-order valence-electron chi connectivity index (χ4n) is 2.43.